The van der Waals surface area contributed by atoms with E-state index in [1.165, 1.54) is 5.56 Å². The predicted molar refractivity (Wildman–Crippen MR) is 40.7 cm³/mol. The summed E-state index contributed by atoms with van der Waals surface area (Å²) >= 11 is 0. The zero-order chi connectivity index (χ0) is 7.40. The number of ether oxygens (including phenoxy) is 1. The van der Waals surface area contributed by atoms with Gasteiger partial charge in [0.2, 0.25) is 0 Å². The van der Waals surface area contributed by atoms with Crippen LogP contribution in [0.25, 0.3) is 0 Å². The summed E-state index contributed by atoms with van der Waals surface area (Å²) in [5, 5.41) is 0. The Morgan fingerprint density at radius 2 is 2.40 bits per heavy atom. The Morgan fingerprint density at radius 3 is 2.90 bits per heavy atom. The Hall–Kier alpha value is -0.760. The van der Waals surface area contributed by atoms with Crippen molar-refractivity contribution in [2.75, 3.05) is 0 Å². The molecule has 0 spiro atoms. The number of aromatic amines is 1. The monoisotopic (exact) mass is 139 g/mol. The lowest BCUT2D eigenvalue weighted by Crippen LogP contribution is -2.01. The lowest BCUT2D eigenvalue weighted by molar-refractivity contribution is 0.0658. The molecule has 0 saturated heterocycles. The average molecular weight is 139 g/mol. The first-order valence-electron chi connectivity index (χ1n) is 3.52. The second kappa shape index (κ2) is 3.42. The molecule has 0 amide bonds. The van der Waals surface area contributed by atoms with E-state index in [-0.39, 0.29) is 0 Å². The van der Waals surface area contributed by atoms with Gasteiger partial charge >= 0.3 is 0 Å². The molecule has 10 heavy (non-hydrogen) atoms. The van der Waals surface area contributed by atoms with Crippen molar-refractivity contribution in [1.82, 2.24) is 4.98 Å². The van der Waals surface area contributed by atoms with E-state index in [1.807, 2.05) is 32.3 Å². The van der Waals surface area contributed by atoms with Crippen LogP contribution in [0.15, 0.2) is 18.5 Å². The van der Waals surface area contributed by atoms with Gasteiger partial charge in [0.15, 0.2) is 0 Å². The molecule has 1 heterocycles. The molecule has 0 radical (unpaired) electrons. The van der Waals surface area contributed by atoms with Crippen LogP contribution in [0, 0.1) is 0 Å². The molecular weight excluding hydrogens is 126 g/mol. The van der Waals surface area contributed by atoms with Gasteiger partial charge in [-0.15, -0.1) is 0 Å². The van der Waals surface area contributed by atoms with Gasteiger partial charge in [-0.05, 0) is 25.5 Å². The van der Waals surface area contributed by atoms with Gasteiger partial charge in [0.05, 0.1) is 12.7 Å². The maximum atomic E-state index is 5.37. The lowest BCUT2D eigenvalue weighted by Gasteiger charge is -2.04. The highest BCUT2D eigenvalue weighted by molar-refractivity contribution is 5.06. The minimum Gasteiger partial charge on any atom is -0.374 e. The fourth-order valence-electron chi connectivity index (χ4n) is 0.711. The zero-order valence-electron chi connectivity index (χ0n) is 6.42. The minimum absolute atomic E-state index is 0.315. The van der Waals surface area contributed by atoms with Crippen LogP contribution >= 0.6 is 0 Å². The number of hydrogen-bond donors (Lipinski definition) is 1. The van der Waals surface area contributed by atoms with Gasteiger partial charge in [-0.3, -0.25) is 0 Å². The second-order valence-electron chi connectivity index (χ2n) is 2.58. The van der Waals surface area contributed by atoms with E-state index in [2.05, 4.69) is 4.98 Å². The van der Waals surface area contributed by atoms with Crippen LogP contribution < -0.4 is 0 Å². The van der Waals surface area contributed by atoms with E-state index in [0.29, 0.717) is 12.7 Å². The van der Waals surface area contributed by atoms with Crippen molar-refractivity contribution in [3.05, 3.63) is 24.0 Å². The fourth-order valence-corrected chi connectivity index (χ4v) is 0.711. The van der Waals surface area contributed by atoms with Gasteiger partial charge in [0.25, 0.3) is 0 Å². The molecule has 0 unspecified atom stereocenters. The van der Waals surface area contributed by atoms with Crippen molar-refractivity contribution in [1.29, 1.82) is 0 Å². The van der Waals surface area contributed by atoms with Gasteiger partial charge in [0.1, 0.15) is 0 Å². The van der Waals surface area contributed by atoms with Crippen LogP contribution in [-0.2, 0) is 11.3 Å². The molecule has 1 rings (SSSR count). The Morgan fingerprint density at radius 1 is 1.60 bits per heavy atom. The van der Waals surface area contributed by atoms with Gasteiger partial charge in [-0.25, -0.2) is 0 Å². The first-order valence-corrected chi connectivity index (χ1v) is 3.52. The first-order chi connectivity index (χ1) is 4.79. The first kappa shape index (κ1) is 7.35. The standard InChI is InChI=1S/C8H13NO/c1-7(2)10-6-8-3-4-9-5-8/h3-5,7,9H,6H2,1-2H3. The molecule has 56 valence electrons. The number of hydrogen-bond acceptors (Lipinski definition) is 1. The summed E-state index contributed by atoms with van der Waals surface area (Å²) in [6.07, 6.45) is 4.16. The molecule has 0 atom stereocenters. The topological polar surface area (TPSA) is 25.0 Å². The maximum Gasteiger partial charge on any atom is 0.0734 e. The van der Waals surface area contributed by atoms with Crippen molar-refractivity contribution >= 4 is 0 Å². The van der Waals surface area contributed by atoms with E-state index in [4.69, 9.17) is 4.74 Å². The lowest BCUT2D eigenvalue weighted by atomic mass is 10.3. The van der Waals surface area contributed by atoms with E-state index in [0.717, 1.165) is 0 Å². The van der Waals surface area contributed by atoms with E-state index in [1.54, 1.807) is 0 Å². The molecule has 2 heteroatoms. The zero-order valence-corrected chi connectivity index (χ0v) is 6.42. The van der Waals surface area contributed by atoms with E-state index >= 15 is 0 Å². The van der Waals surface area contributed by atoms with Gasteiger partial charge in [-0.2, -0.15) is 0 Å². The van der Waals surface area contributed by atoms with Gasteiger partial charge < -0.3 is 9.72 Å². The van der Waals surface area contributed by atoms with Gasteiger partial charge in [0, 0.05) is 12.4 Å². The number of rotatable bonds is 3. The molecule has 2 nitrogen and oxygen atoms in total. The third kappa shape index (κ3) is 2.23. The van der Waals surface area contributed by atoms with Crippen molar-refractivity contribution in [2.45, 2.75) is 26.6 Å². The summed E-state index contributed by atoms with van der Waals surface area (Å²) in [6, 6.07) is 2.02. The van der Waals surface area contributed by atoms with Crippen molar-refractivity contribution in [3.63, 3.8) is 0 Å². The number of aromatic nitrogens is 1. The highest BCUT2D eigenvalue weighted by Crippen LogP contribution is 2.00. The van der Waals surface area contributed by atoms with Crippen LogP contribution in [0.5, 0.6) is 0 Å². The van der Waals surface area contributed by atoms with Crippen LogP contribution in [-0.4, -0.2) is 11.1 Å². The molecule has 0 aliphatic heterocycles. The summed E-state index contributed by atoms with van der Waals surface area (Å²) in [5.74, 6) is 0. The third-order valence-corrected chi connectivity index (χ3v) is 1.25. The Balaban J connectivity index is 2.28. The third-order valence-electron chi connectivity index (χ3n) is 1.25. The van der Waals surface area contributed by atoms with Crippen molar-refractivity contribution in [3.8, 4) is 0 Å². The minimum atomic E-state index is 0.315. The number of H-pyrrole nitrogens is 1. The largest absolute Gasteiger partial charge is 0.374 e. The molecule has 1 aromatic rings. The number of nitrogens with one attached hydrogen (secondary N) is 1. The molecular formula is C8H13NO. The fraction of sp³-hybridized carbons (Fsp3) is 0.500. The molecule has 0 bridgehead atoms. The molecule has 0 aromatic carbocycles. The maximum absolute atomic E-state index is 5.37. The molecule has 0 fully saturated rings. The van der Waals surface area contributed by atoms with Crippen LogP contribution in [0.4, 0.5) is 0 Å². The van der Waals surface area contributed by atoms with Crippen LogP contribution in [0.2, 0.25) is 0 Å². The molecule has 0 aliphatic carbocycles. The molecule has 0 aliphatic rings. The summed E-state index contributed by atoms with van der Waals surface area (Å²) < 4.78 is 5.37. The SMILES string of the molecule is CC(C)OCc1cc[nH]c1. The molecule has 1 N–H and O–H groups in total. The van der Waals surface area contributed by atoms with Gasteiger partial charge in [-0.1, -0.05) is 0 Å². The predicted octanol–water partition coefficient (Wildman–Crippen LogP) is 1.94. The van der Waals surface area contributed by atoms with Crippen molar-refractivity contribution < 1.29 is 4.74 Å². The van der Waals surface area contributed by atoms with Crippen LogP contribution in [0.1, 0.15) is 19.4 Å². The summed E-state index contributed by atoms with van der Waals surface area (Å²) in [6.45, 7) is 4.78. The highest BCUT2D eigenvalue weighted by atomic mass is 16.5. The summed E-state index contributed by atoms with van der Waals surface area (Å²) in [7, 11) is 0. The summed E-state index contributed by atoms with van der Waals surface area (Å²) in [5.41, 5.74) is 1.20. The van der Waals surface area contributed by atoms with E-state index < -0.39 is 0 Å². The Labute approximate surface area is 61.2 Å². The normalized spacial score (nSPS) is 10.7. The van der Waals surface area contributed by atoms with Crippen LogP contribution in [0.3, 0.4) is 0 Å². The van der Waals surface area contributed by atoms with E-state index in [9.17, 15) is 0 Å². The molecule has 0 saturated carbocycles. The second-order valence-corrected chi connectivity index (χ2v) is 2.58. The smallest absolute Gasteiger partial charge is 0.0734 e. The average Bonchev–Trinajstić information content (AvgIpc) is 2.34. The summed E-state index contributed by atoms with van der Waals surface area (Å²) in [4.78, 5) is 2.97. The Kier molecular flexibility index (Phi) is 2.51. The Bertz CT molecular complexity index is 167. The quantitative estimate of drug-likeness (QED) is 0.680. The van der Waals surface area contributed by atoms with Crippen molar-refractivity contribution in [2.24, 2.45) is 0 Å². The highest BCUT2D eigenvalue weighted by Gasteiger charge is 1.94. The molecule has 1 aromatic heterocycles.